The van der Waals surface area contributed by atoms with Gasteiger partial charge in [-0.1, -0.05) is 20.8 Å². The van der Waals surface area contributed by atoms with E-state index in [-0.39, 0.29) is 17.0 Å². The van der Waals surface area contributed by atoms with Crippen LogP contribution in [0.15, 0.2) is 12.1 Å². The predicted octanol–water partition coefficient (Wildman–Crippen LogP) is 2.28. The van der Waals surface area contributed by atoms with Crippen molar-refractivity contribution in [2.24, 2.45) is 0 Å². The SMILES string of the molecule is CC(C)(C)c1cc(C(=O)O)cc(NC2CCOC2)n1. The molecule has 0 aromatic carbocycles. The maximum atomic E-state index is 11.2. The van der Waals surface area contributed by atoms with E-state index in [1.54, 1.807) is 12.1 Å². The van der Waals surface area contributed by atoms with Crippen LogP contribution in [0, 0.1) is 0 Å². The molecule has 1 fully saturated rings. The van der Waals surface area contributed by atoms with Gasteiger partial charge in [-0.15, -0.1) is 0 Å². The zero-order valence-electron chi connectivity index (χ0n) is 11.6. The fourth-order valence-electron chi connectivity index (χ4n) is 1.97. The summed E-state index contributed by atoms with van der Waals surface area (Å²) in [5.74, 6) is -0.320. The highest BCUT2D eigenvalue weighted by molar-refractivity contribution is 5.88. The van der Waals surface area contributed by atoms with Gasteiger partial charge in [0.05, 0.1) is 18.2 Å². The standard InChI is InChI=1S/C14H20N2O3/c1-14(2,3)11-6-9(13(17)18)7-12(16-11)15-10-4-5-19-8-10/h6-7,10H,4-5,8H2,1-3H3,(H,15,16)(H,17,18). The van der Waals surface area contributed by atoms with E-state index in [4.69, 9.17) is 4.74 Å². The molecule has 19 heavy (non-hydrogen) atoms. The second-order valence-corrected chi connectivity index (χ2v) is 5.89. The lowest BCUT2D eigenvalue weighted by atomic mass is 9.90. The van der Waals surface area contributed by atoms with Crippen molar-refractivity contribution in [2.45, 2.75) is 38.6 Å². The van der Waals surface area contributed by atoms with Gasteiger partial charge >= 0.3 is 5.97 Å². The first-order valence-electron chi connectivity index (χ1n) is 6.46. The normalized spacial score (nSPS) is 19.4. The van der Waals surface area contributed by atoms with Crippen molar-refractivity contribution in [1.29, 1.82) is 0 Å². The number of aromatic nitrogens is 1. The van der Waals surface area contributed by atoms with Gasteiger partial charge in [0.25, 0.3) is 0 Å². The molecule has 1 saturated heterocycles. The molecule has 1 aromatic rings. The molecule has 0 aliphatic carbocycles. The second kappa shape index (κ2) is 5.17. The Kier molecular flexibility index (Phi) is 3.75. The molecule has 0 radical (unpaired) electrons. The summed E-state index contributed by atoms with van der Waals surface area (Å²) >= 11 is 0. The average molecular weight is 264 g/mol. The summed E-state index contributed by atoms with van der Waals surface area (Å²) in [6.07, 6.45) is 0.920. The Labute approximate surface area is 113 Å². The van der Waals surface area contributed by atoms with Crippen LogP contribution in [0.25, 0.3) is 0 Å². The van der Waals surface area contributed by atoms with Crippen molar-refractivity contribution in [2.75, 3.05) is 18.5 Å². The number of hydrogen-bond acceptors (Lipinski definition) is 4. The van der Waals surface area contributed by atoms with E-state index in [1.165, 1.54) is 0 Å². The second-order valence-electron chi connectivity index (χ2n) is 5.89. The Morgan fingerprint density at radius 3 is 2.74 bits per heavy atom. The monoisotopic (exact) mass is 264 g/mol. The lowest BCUT2D eigenvalue weighted by molar-refractivity contribution is 0.0696. The van der Waals surface area contributed by atoms with E-state index in [0.717, 1.165) is 18.7 Å². The van der Waals surface area contributed by atoms with Gasteiger partial charge in [-0.05, 0) is 18.6 Å². The Bertz CT molecular complexity index is 474. The number of carboxylic acid groups (broad SMARTS) is 1. The first-order valence-corrected chi connectivity index (χ1v) is 6.46. The topological polar surface area (TPSA) is 71.5 Å². The number of carbonyl (C=O) groups is 1. The number of nitrogens with zero attached hydrogens (tertiary/aromatic N) is 1. The summed E-state index contributed by atoms with van der Waals surface area (Å²) in [6.45, 7) is 7.43. The summed E-state index contributed by atoms with van der Waals surface area (Å²) in [7, 11) is 0. The van der Waals surface area contributed by atoms with Gasteiger partial charge in [-0.25, -0.2) is 9.78 Å². The molecule has 0 bridgehead atoms. The van der Waals surface area contributed by atoms with Crippen LogP contribution in [0.4, 0.5) is 5.82 Å². The van der Waals surface area contributed by atoms with Crippen molar-refractivity contribution in [3.05, 3.63) is 23.4 Å². The van der Waals surface area contributed by atoms with E-state index >= 15 is 0 Å². The highest BCUT2D eigenvalue weighted by Crippen LogP contribution is 2.24. The van der Waals surface area contributed by atoms with Gasteiger partial charge in [0.2, 0.25) is 0 Å². The van der Waals surface area contributed by atoms with Crippen LogP contribution < -0.4 is 5.32 Å². The summed E-state index contributed by atoms with van der Waals surface area (Å²) in [4.78, 5) is 15.7. The summed E-state index contributed by atoms with van der Waals surface area (Å²) in [5, 5.41) is 12.4. The number of ether oxygens (including phenoxy) is 1. The molecule has 5 nitrogen and oxygen atoms in total. The molecule has 1 atom stereocenters. The van der Waals surface area contributed by atoms with Gasteiger partial charge in [-0.2, -0.15) is 0 Å². The number of pyridine rings is 1. The van der Waals surface area contributed by atoms with E-state index in [1.807, 2.05) is 20.8 Å². The van der Waals surface area contributed by atoms with Gasteiger partial charge < -0.3 is 15.2 Å². The molecule has 104 valence electrons. The Morgan fingerprint density at radius 1 is 1.47 bits per heavy atom. The molecule has 2 N–H and O–H groups in total. The molecule has 1 unspecified atom stereocenters. The van der Waals surface area contributed by atoms with Crippen LogP contribution >= 0.6 is 0 Å². The van der Waals surface area contributed by atoms with E-state index < -0.39 is 5.97 Å². The molecule has 0 saturated carbocycles. The molecule has 1 aliphatic rings. The van der Waals surface area contributed by atoms with Crippen LogP contribution in [0.1, 0.15) is 43.2 Å². The van der Waals surface area contributed by atoms with Crippen LogP contribution in [0.3, 0.4) is 0 Å². The van der Waals surface area contributed by atoms with Gasteiger partial charge in [0, 0.05) is 17.7 Å². The van der Waals surface area contributed by atoms with Crippen LogP contribution in [0.2, 0.25) is 0 Å². The number of anilines is 1. The minimum Gasteiger partial charge on any atom is -0.478 e. The number of aromatic carboxylic acids is 1. The average Bonchev–Trinajstić information content (AvgIpc) is 2.80. The Hall–Kier alpha value is -1.62. The highest BCUT2D eigenvalue weighted by Gasteiger charge is 2.21. The molecule has 2 heterocycles. The van der Waals surface area contributed by atoms with E-state index in [9.17, 15) is 9.90 Å². The fraction of sp³-hybridized carbons (Fsp3) is 0.571. The van der Waals surface area contributed by atoms with Crippen molar-refractivity contribution < 1.29 is 14.6 Å². The number of nitrogens with one attached hydrogen (secondary N) is 1. The van der Waals surface area contributed by atoms with E-state index in [2.05, 4.69) is 10.3 Å². The van der Waals surface area contributed by atoms with Crippen LogP contribution in [-0.2, 0) is 10.2 Å². The maximum Gasteiger partial charge on any atom is 0.335 e. The zero-order chi connectivity index (χ0) is 14.0. The van der Waals surface area contributed by atoms with Gasteiger partial charge in [-0.3, -0.25) is 0 Å². The van der Waals surface area contributed by atoms with Crippen molar-refractivity contribution in [1.82, 2.24) is 4.98 Å². The molecule has 5 heteroatoms. The smallest absolute Gasteiger partial charge is 0.335 e. The Morgan fingerprint density at radius 2 is 2.21 bits per heavy atom. The van der Waals surface area contributed by atoms with Gasteiger partial charge in [0.1, 0.15) is 5.82 Å². The highest BCUT2D eigenvalue weighted by atomic mass is 16.5. The van der Waals surface area contributed by atoms with Crippen molar-refractivity contribution >= 4 is 11.8 Å². The molecule has 1 aromatic heterocycles. The third-order valence-electron chi connectivity index (χ3n) is 3.12. The fourth-order valence-corrected chi connectivity index (χ4v) is 1.97. The lowest BCUT2D eigenvalue weighted by Crippen LogP contribution is -2.22. The summed E-state index contributed by atoms with van der Waals surface area (Å²) in [5.41, 5.74) is 0.851. The first-order chi connectivity index (χ1) is 8.86. The third kappa shape index (κ3) is 3.44. The van der Waals surface area contributed by atoms with Gasteiger partial charge in [0.15, 0.2) is 0 Å². The molecular formula is C14H20N2O3. The predicted molar refractivity (Wildman–Crippen MR) is 72.7 cm³/mol. The van der Waals surface area contributed by atoms with E-state index in [0.29, 0.717) is 12.4 Å². The zero-order valence-corrected chi connectivity index (χ0v) is 11.6. The lowest BCUT2D eigenvalue weighted by Gasteiger charge is -2.20. The summed E-state index contributed by atoms with van der Waals surface area (Å²) < 4.78 is 5.30. The molecule has 1 aliphatic heterocycles. The molecule has 0 spiro atoms. The van der Waals surface area contributed by atoms with Crippen molar-refractivity contribution in [3.63, 3.8) is 0 Å². The van der Waals surface area contributed by atoms with Crippen molar-refractivity contribution in [3.8, 4) is 0 Å². The third-order valence-corrected chi connectivity index (χ3v) is 3.12. The minimum absolute atomic E-state index is 0.186. The number of rotatable bonds is 3. The number of carboxylic acids is 1. The maximum absolute atomic E-state index is 11.2. The first kappa shape index (κ1) is 13.8. The Balaban J connectivity index is 2.31. The quantitative estimate of drug-likeness (QED) is 0.876. The number of hydrogen-bond donors (Lipinski definition) is 2. The van der Waals surface area contributed by atoms with Crippen LogP contribution in [-0.4, -0.2) is 35.3 Å². The molecular weight excluding hydrogens is 244 g/mol. The largest absolute Gasteiger partial charge is 0.478 e. The molecule has 0 amide bonds. The molecule has 2 rings (SSSR count). The summed E-state index contributed by atoms with van der Waals surface area (Å²) in [6, 6.07) is 3.43. The van der Waals surface area contributed by atoms with Crippen LogP contribution in [0.5, 0.6) is 0 Å². The minimum atomic E-state index is -0.932.